The highest BCUT2D eigenvalue weighted by Crippen LogP contribution is 2.33. The molecule has 2 aliphatic heterocycles. The number of amides is 1. The van der Waals surface area contributed by atoms with Gasteiger partial charge in [0.05, 0.1) is 11.4 Å². The van der Waals surface area contributed by atoms with Crippen molar-refractivity contribution in [2.45, 2.75) is 46.2 Å². The molecule has 2 aromatic carbocycles. The predicted molar refractivity (Wildman–Crippen MR) is 152 cm³/mol. The van der Waals surface area contributed by atoms with Crippen LogP contribution in [0.1, 0.15) is 57.4 Å². The Balaban J connectivity index is 1.23. The Morgan fingerprint density at radius 2 is 1.45 bits per heavy atom. The molecule has 0 bridgehead atoms. The fourth-order valence-electron chi connectivity index (χ4n) is 5.12. The van der Waals surface area contributed by atoms with Gasteiger partial charge in [-0.25, -0.2) is 9.97 Å². The van der Waals surface area contributed by atoms with Crippen LogP contribution in [0.4, 0.5) is 5.69 Å². The summed E-state index contributed by atoms with van der Waals surface area (Å²) in [6.07, 6.45) is 2.05. The third kappa shape index (κ3) is 4.82. The lowest BCUT2D eigenvalue weighted by atomic mass is 9.91. The minimum Gasteiger partial charge on any atom is -0.320 e. The quantitative estimate of drug-likeness (QED) is 0.301. The Morgan fingerprint density at radius 3 is 2.13 bits per heavy atom. The summed E-state index contributed by atoms with van der Waals surface area (Å²) in [6, 6.07) is 12.0. The maximum atomic E-state index is 13.2. The van der Waals surface area contributed by atoms with Gasteiger partial charge in [-0.15, -0.1) is 22.7 Å². The number of hydrogen-bond donors (Lipinski definition) is 3. The third-order valence-electron chi connectivity index (χ3n) is 7.31. The first kappa shape index (κ1) is 25.1. The first-order valence-electron chi connectivity index (χ1n) is 12.9. The van der Waals surface area contributed by atoms with E-state index in [1.165, 1.54) is 27.6 Å². The van der Waals surface area contributed by atoms with Crippen molar-refractivity contribution in [1.29, 1.82) is 0 Å². The molecule has 2 aromatic heterocycles. The number of carbonyl (C=O) groups excluding carboxylic acids is 2. The summed E-state index contributed by atoms with van der Waals surface area (Å²) >= 11 is 2.98. The van der Waals surface area contributed by atoms with Crippen LogP contribution in [0.5, 0.6) is 0 Å². The van der Waals surface area contributed by atoms with Crippen molar-refractivity contribution in [1.82, 2.24) is 20.6 Å². The van der Waals surface area contributed by atoms with E-state index in [2.05, 4.69) is 45.0 Å². The van der Waals surface area contributed by atoms with Crippen molar-refractivity contribution in [2.24, 2.45) is 0 Å². The summed E-state index contributed by atoms with van der Waals surface area (Å²) in [4.78, 5) is 37.7. The SMILES string of the molecule is Cc1c(CC(=O)c2nc3c(s2)CNCC3)cccc1-c1cccc(NC(=O)c2nc3c(s2)CNCC3)c1C. The second kappa shape index (κ2) is 10.5. The number of ketones is 1. The Morgan fingerprint density at radius 1 is 0.842 bits per heavy atom. The summed E-state index contributed by atoms with van der Waals surface area (Å²) in [5, 5.41) is 10.9. The van der Waals surface area contributed by atoms with Crippen LogP contribution >= 0.6 is 22.7 Å². The first-order valence-corrected chi connectivity index (χ1v) is 14.5. The number of nitrogens with one attached hydrogen (secondary N) is 3. The van der Waals surface area contributed by atoms with Gasteiger partial charge in [-0.2, -0.15) is 0 Å². The number of rotatable bonds is 6. The van der Waals surface area contributed by atoms with Gasteiger partial charge in [0.1, 0.15) is 0 Å². The highest BCUT2D eigenvalue weighted by molar-refractivity contribution is 7.14. The molecule has 0 unspecified atom stereocenters. The van der Waals surface area contributed by atoms with Crippen LogP contribution in [0.15, 0.2) is 36.4 Å². The molecule has 4 heterocycles. The van der Waals surface area contributed by atoms with Gasteiger partial charge in [-0.3, -0.25) is 9.59 Å². The molecule has 0 atom stereocenters. The number of thiazole rings is 2. The minimum atomic E-state index is -0.179. The lowest BCUT2D eigenvalue weighted by molar-refractivity contribution is 0.0990. The molecule has 0 saturated heterocycles. The van der Waals surface area contributed by atoms with Crippen molar-refractivity contribution >= 4 is 40.1 Å². The maximum absolute atomic E-state index is 13.2. The van der Waals surface area contributed by atoms with Gasteiger partial charge >= 0.3 is 0 Å². The number of Topliss-reactive ketones (excluding diaryl/α,β-unsaturated/α-hetero) is 1. The molecule has 1 amide bonds. The maximum Gasteiger partial charge on any atom is 0.284 e. The summed E-state index contributed by atoms with van der Waals surface area (Å²) in [7, 11) is 0. The van der Waals surface area contributed by atoms with Crippen LogP contribution in [0.3, 0.4) is 0 Å². The van der Waals surface area contributed by atoms with E-state index in [-0.39, 0.29) is 11.7 Å². The number of hydrogen-bond acceptors (Lipinski definition) is 8. The van der Waals surface area contributed by atoms with E-state index < -0.39 is 0 Å². The van der Waals surface area contributed by atoms with Crippen LogP contribution in [0.2, 0.25) is 0 Å². The van der Waals surface area contributed by atoms with Crippen molar-refractivity contribution in [3.63, 3.8) is 0 Å². The van der Waals surface area contributed by atoms with E-state index in [1.54, 1.807) is 0 Å². The Bertz CT molecular complexity index is 1390. The zero-order chi connectivity index (χ0) is 26.2. The van der Waals surface area contributed by atoms with E-state index in [4.69, 9.17) is 0 Å². The zero-order valence-corrected chi connectivity index (χ0v) is 23.1. The first-order chi connectivity index (χ1) is 18.5. The summed E-state index contributed by atoms with van der Waals surface area (Å²) < 4.78 is 0. The lowest BCUT2D eigenvalue weighted by Gasteiger charge is -2.16. The Labute approximate surface area is 229 Å². The monoisotopic (exact) mass is 543 g/mol. The number of aromatic nitrogens is 2. The summed E-state index contributed by atoms with van der Waals surface area (Å²) in [5.74, 6) is -0.120. The number of carbonyl (C=O) groups is 2. The van der Waals surface area contributed by atoms with Crippen molar-refractivity contribution < 1.29 is 9.59 Å². The van der Waals surface area contributed by atoms with Gasteiger partial charge in [-0.1, -0.05) is 30.3 Å². The third-order valence-corrected chi connectivity index (χ3v) is 9.54. The minimum absolute atomic E-state index is 0.0590. The molecule has 194 valence electrons. The normalized spacial score (nSPS) is 14.6. The number of nitrogens with zero attached hydrogens (tertiary/aromatic N) is 2. The fourth-order valence-corrected chi connectivity index (χ4v) is 7.11. The molecule has 0 aliphatic carbocycles. The molecular weight excluding hydrogens is 514 g/mol. The van der Waals surface area contributed by atoms with Gasteiger partial charge in [0, 0.05) is 60.9 Å². The molecule has 7 nitrogen and oxygen atoms in total. The van der Waals surface area contributed by atoms with E-state index >= 15 is 0 Å². The van der Waals surface area contributed by atoms with E-state index in [0.717, 1.165) is 88.8 Å². The molecule has 3 N–H and O–H groups in total. The molecule has 2 aliphatic rings. The largest absolute Gasteiger partial charge is 0.320 e. The highest BCUT2D eigenvalue weighted by Gasteiger charge is 2.22. The molecule has 0 spiro atoms. The Hall–Kier alpha value is -3.24. The Kier molecular flexibility index (Phi) is 6.92. The molecule has 6 rings (SSSR count). The molecule has 9 heteroatoms. The second-order valence-corrected chi connectivity index (χ2v) is 11.9. The molecular formula is C29H29N5O2S2. The van der Waals surface area contributed by atoms with Gasteiger partial charge in [0.25, 0.3) is 5.91 Å². The molecule has 38 heavy (non-hydrogen) atoms. The number of anilines is 1. The summed E-state index contributed by atoms with van der Waals surface area (Å²) in [5.41, 5.74) is 7.99. The van der Waals surface area contributed by atoms with Crippen molar-refractivity contribution in [2.75, 3.05) is 18.4 Å². The molecule has 0 radical (unpaired) electrons. The standard InChI is InChI=1S/C29H29N5O2S2/c1-16-18(13-24(35)28-33-22-9-11-30-14-25(22)37-28)5-3-6-19(16)20-7-4-8-21(17(20)2)32-27(36)29-34-23-10-12-31-15-26(23)38-29/h3-8,30-31H,9-15H2,1-2H3,(H,32,36). The highest BCUT2D eigenvalue weighted by atomic mass is 32.1. The van der Waals surface area contributed by atoms with Gasteiger partial charge in [0.15, 0.2) is 15.8 Å². The van der Waals surface area contributed by atoms with E-state index in [0.29, 0.717) is 16.4 Å². The van der Waals surface area contributed by atoms with Gasteiger partial charge in [-0.05, 0) is 47.7 Å². The molecule has 0 saturated carbocycles. The van der Waals surface area contributed by atoms with Crippen LogP contribution in [0.25, 0.3) is 11.1 Å². The van der Waals surface area contributed by atoms with Crippen molar-refractivity contribution in [3.8, 4) is 11.1 Å². The molecule has 4 aromatic rings. The molecule has 0 fully saturated rings. The van der Waals surface area contributed by atoms with Crippen LogP contribution in [0, 0.1) is 13.8 Å². The average molecular weight is 544 g/mol. The van der Waals surface area contributed by atoms with Gasteiger partial charge < -0.3 is 16.0 Å². The summed E-state index contributed by atoms with van der Waals surface area (Å²) in [6.45, 7) is 7.46. The van der Waals surface area contributed by atoms with E-state index in [9.17, 15) is 9.59 Å². The zero-order valence-electron chi connectivity index (χ0n) is 21.4. The van der Waals surface area contributed by atoms with Gasteiger partial charge in [0.2, 0.25) is 0 Å². The van der Waals surface area contributed by atoms with Crippen LogP contribution < -0.4 is 16.0 Å². The number of fused-ring (bicyclic) bond motifs is 2. The second-order valence-electron chi connectivity index (χ2n) is 9.75. The number of benzene rings is 2. The average Bonchev–Trinajstić information content (AvgIpc) is 3.56. The van der Waals surface area contributed by atoms with Crippen LogP contribution in [-0.2, 0) is 32.4 Å². The fraction of sp³-hybridized carbons (Fsp3) is 0.310. The van der Waals surface area contributed by atoms with Crippen LogP contribution in [-0.4, -0.2) is 34.7 Å². The van der Waals surface area contributed by atoms with Crippen molar-refractivity contribution in [3.05, 3.63) is 84.2 Å². The predicted octanol–water partition coefficient (Wildman–Crippen LogP) is 4.85. The van der Waals surface area contributed by atoms with E-state index in [1.807, 2.05) is 31.2 Å². The lowest BCUT2D eigenvalue weighted by Crippen LogP contribution is -2.22. The smallest absolute Gasteiger partial charge is 0.284 e. The topological polar surface area (TPSA) is 96.0 Å².